The van der Waals surface area contributed by atoms with E-state index in [0.29, 0.717) is 13.1 Å². The van der Waals surface area contributed by atoms with E-state index >= 15 is 0 Å². The number of benzene rings is 2. The van der Waals surface area contributed by atoms with E-state index in [1.165, 1.54) is 17.7 Å². The number of nitrogens with one attached hydrogen (secondary N) is 1. The first-order valence-electron chi connectivity index (χ1n) is 9.58. The Balaban J connectivity index is 1.38. The van der Waals surface area contributed by atoms with Crippen LogP contribution in [0.25, 0.3) is 0 Å². The zero-order valence-electron chi connectivity index (χ0n) is 15.3. The van der Waals surface area contributed by atoms with Gasteiger partial charge in [-0.2, -0.15) is 0 Å². The SMILES string of the molecule is O=C(NCC1(Cc2ccc(F)cc2)CC1)N1CCc2ccccc2C1CO. The van der Waals surface area contributed by atoms with Crippen molar-refractivity contribution in [2.45, 2.75) is 31.7 Å². The van der Waals surface area contributed by atoms with Gasteiger partial charge in [-0.25, -0.2) is 9.18 Å². The van der Waals surface area contributed by atoms with Crippen molar-refractivity contribution in [3.8, 4) is 0 Å². The first-order chi connectivity index (χ1) is 13.1. The summed E-state index contributed by atoms with van der Waals surface area (Å²) in [7, 11) is 0. The Hall–Kier alpha value is -2.40. The van der Waals surface area contributed by atoms with Gasteiger partial charge in [0, 0.05) is 13.1 Å². The zero-order valence-corrected chi connectivity index (χ0v) is 15.3. The van der Waals surface area contributed by atoms with Crippen LogP contribution in [0, 0.1) is 11.2 Å². The van der Waals surface area contributed by atoms with Gasteiger partial charge in [0.2, 0.25) is 0 Å². The molecule has 4 nitrogen and oxygen atoms in total. The highest BCUT2D eigenvalue weighted by Crippen LogP contribution is 2.48. The van der Waals surface area contributed by atoms with Crippen molar-refractivity contribution in [2.75, 3.05) is 19.7 Å². The van der Waals surface area contributed by atoms with Crippen LogP contribution in [-0.2, 0) is 12.8 Å². The molecule has 1 heterocycles. The number of carbonyl (C=O) groups is 1. The summed E-state index contributed by atoms with van der Waals surface area (Å²) in [6.45, 7) is 1.14. The van der Waals surface area contributed by atoms with Crippen LogP contribution in [0.1, 0.15) is 35.6 Å². The normalized spacial score (nSPS) is 20.1. The van der Waals surface area contributed by atoms with Gasteiger partial charge in [0.25, 0.3) is 0 Å². The number of aliphatic hydroxyl groups excluding tert-OH is 1. The fourth-order valence-corrected chi connectivity index (χ4v) is 4.08. The molecule has 27 heavy (non-hydrogen) atoms. The summed E-state index contributed by atoms with van der Waals surface area (Å²) in [5.74, 6) is -0.225. The van der Waals surface area contributed by atoms with Gasteiger partial charge in [0.1, 0.15) is 5.82 Å². The molecule has 0 bridgehead atoms. The number of urea groups is 1. The molecule has 2 aromatic rings. The van der Waals surface area contributed by atoms with Crippen molar-refractivity contribution < 1.29 is 14.3 Å². The summed E-state index contributed by atoms with van der Waals surface area (Å²) < 4.78 is 13.1. The van der Waals surface area contributed by atoms with Crippen LogP contribution in [0.4, 0.5) is 9.18 Å². The van der Waals surface area contributed by atoms with Crippen LogP contribution in [0.3, 0.4) is 0 Å². The standard InChI is InChI=1S/C22H25FN2O2/c23-18-7-5-16(6-8-18)13-22(10-11-22)15-24-21(27)25-12-9-17-3-1-2-4-19(17)20(25)14-26/h1-8,20,26H,9-15H2,(H,24,27). The van der Waals surface area contributed by atoms with E-state index in [0.717, 1.165) is 36.8 Å². The van der Waals surface area contributed by atoms with Gasteiger partial charge < -0.3 is 15.3 Å². The molecule has 0 spiro atoms. The Morgan fingerprint density at radius 1 is 1.19 bits per heavy atom. The van der Waals surface area contributed by atoms with Crippen LogP contribution in [-0.4, -0.2) is 35.7 Å². The molecule has 1 aliphatic carbocycles. The van der Waals surface area contributed by atoms with Crippen molar-refractivity contribution >= 4 is 6.03 Å². The molecule has 2 aliphatic rings. The summed E-state index contributed by atoms with van der Waals surface area (Å²) in [5, 5.41) is 12.9. The highest BCUT2D eigenvalue weighted by Gasteiger charge is 2.43. The van der Waals surface area contributed by atoms with Crippen molar-refractivity contribution in [1.29, 1.82) is 0 Å². The minimum absolute atomic E-state index is 0.0782. The number of fused-ring (bicyclic) bond motifs is 1. The maximum atomic E-state index is 13.1. The molecular weight excluding hydrogens is 343 g/mol. The van der Waals surface area contributed by atoms with Gasteiger partial charge in [0.05, 0.1) is 12.6 Å². The minimum Gasteiger partial charge on any atom is -0.394 e. The second kappa shape index (κ2) is 7.31. The third-order valence-electron chi connectivity index (χ3n) is 5.91. The Bertz CT molecular complexity index is 817. The molecule has 1 unspecified atom stereocenters. The highest BCUT2D eigenvalue weighted by atomic mass is 19.1. The van der Waals surface area contributed by atoms with Crippen LogP contribution in [0.2, 0.25) is 0 Å². The average Bonchev–Trinajstić information content (AvgIpc) is 3.46. The van der Waals surface area contributed by atoms with Crippen LogP contribution < -0.4 is 5.32 Å². The predicted octanol–water partition coefficient (Wildman–Crippen LogP) is 3.45. The van der Waals surface area contributed by atoms with Crippen molar-refractivity contribution in [3.05, 3.63) is 71.0 Å². The van der Waals surface area contributed by atoms with E-state index in [9.17, 15) is 14.3 Å². The number of nitrogens with zero attached hydrogens (tertiary/aromatic N) is 1. The lowest BCUT2D eigenvalue weighted by atomic mass is 9.93. The fraction of sp³-hybridized carbons (Fsp3) is 0.409. The molecule has 2 aromatic carbocycles. The van der Waals surface area contributed by atoms with E-state index in [1.54, 1.807) is 4.90 Å². The summed E-state index contributed by atoms with van der Waals surface area (Å²) in [6, 6.07) is 14.2. The van der Waals surface area contributed by atoms with E-state index < -0.39 is 0 Å². The molecule has 0 saturated heterocycles. The first kappa shape index (κ1) is 18.0. The van der Waals surface area contributed by atoms with E-state index in [-0.39, 0.29) is 29.9 Å². The van der Waals surface area contributed by atoms with Crippen molar-refractivity contribution in [3.63, 3.8) is 0 Å². The van der Waals surface area contributed by atoms with Crippen LogP contribution in [0.5, 0.6) is 0 Å². The van der Waals surface area contributed by atoms with E-state index in [1.807, 2.05) is 30.3 Å². The molecule has 1 atom stereocenters. The Morgan fingerprint density at radius 2 is 1.93 bits per heavy atom. The molecule has 1 aliphatic heterocycles. The van der Waals surface area contributed by atoms with Gasteiger partial charge in [-0.15, -0.1) is 0 Å². The number of rotatable bonds is 5. The fourth-order valence-electron chi connectivity index (χ4n) is 4.08. The second-order valence-corrected chi connectivity index (χ2v) is 7.80. The van der Waals surface area contributed by atoms with Gasteiger partial charge in [0.15, 0.2) is 0 Å². The van der Waals surface area contributed by atoms with Gasteiger partial charge in [-0.3, -0.25) is 0 Å². The molecule has 5 heteroatoms. The Kier molecular flexibility index (Phi) is 4.87. The second-order valence-electron chi connectivity index (χ2n) is 7.80. The quantitative estimate of drug-likeness (QED) is 0.849. The summed E-state index contributed by atoms with van der Waals surface area (Å²) in [4.78, 5) is 14.5. The number of carbonyl (C=O) groups excluding carboxylic acids is 1. The lowest BCUT2D eigenvalue weighted by Gasteiger charge is -2.36. The largest absolute Gasteiger partial charge is 0.394 e. The lowest BCUT2D eigenvalue weighted by Crippen LogP contribution is -2.48. The topological polar surface area (TPSA) is 52.6 Å². The van der Waals surface area contributed by atoms with Gasteiger partial charge in [-0.05, 0) is 59.9 Å². The average molecular weight is 368 g/mol. The van der Waals surface area contributed by atoms with Gasteiger partial charge >= 0.3 is 6.03 Å². The molecule has 0 radical (unpaired) electrons. The molecule has 1 fully saturated rings. The number of amides is 2. The summed E-state index contributed by atoms with van der Waals surface area (Å²) in [6.07, 6.45) is 3.79. The van der Waals surface area contributed by atoms with Crippen LogP contribution in [0.15, 0.2) is 48.5 Å². The van der Waals surface area contributed by atoms with Crippen molar-refractivity contribution in [2.24, 2.45) is 5.41 Å². The third-order valence-corrected chi connectivity index (χ3v) is 5.91. The minimum atomic E-state index is -0.290. The highest BCUT2D eigenvalue weighted by molar-refractivity contribution is 5.75. The smallest absolute Gasteiger partial charge is 0.318 e. The molecule has 1 saturated carbocycles. The molecule has 0 aromatic heterocycles. The first-order valence-corrected chi connectivity index (χ1v) is 9.58. The Morgan fingerprint density at radius 3 is 2.63 bits per heavy atom. The molecule has 2 N–H and O–H groups in total. The van der Waals surface area contributed by atoms with Gasteiger partial charge in [-0.1, -0.05) is 36.4 Å². The Labute approximate surface area is 159 Å². The maximum Gasteiger partial charge on any atom is 0.318 e. The predicted molar refractivity (Wildman–Crippen MR) is 102 cm³/mol. The lowest BCUT2D eigenvalue weighted by molar-refractivity contribution is 0.126. The molecule has 2 amide bonds. The number of halogens is 1. The zero-order chi connectivity index (χ0) is 18.9. The number of hydrogen-bond acceptors (Lipinski definition) is 2. The third kappa shape index (κ3) is 3.83. The monoisotopic (exact) mass is 368 g/mol. The maximum absolute atomic E-state index is 13.1. The molecule has 142 valence electrons. The van der Waals surface area contributed by atoms with E-state index in [4.69, 9.17) is 0 Å². The summed E-state index contributed by atoms with van der Waals surface area (Å²) >= 11 is 0. The number of aliphatic hydroxyl groups is 1. The number of hydrogen-bond donors (Lipinski definition) is 2. The summed E-state index contributed by atoms with van der Waals surface area (Å²) in [5.41, 5.74) is 3.42. The van der Waals surface area contributed by atoms with E-state index in [2.05, 4.69) is 11.4 Å². The molecule has 4 rings (SSSR count). The van der Waals surface area contributed by atoms with Crippen molar-refractivity contribution in [1.82, 2.24) is 10.2 Å². The molecular formula is C22H25FN2O2. The van der Waals surface area contributed by atoms with Crippen LogP contribution >= 0.6 is 0 Å².